The van der Waals surface area contributed by atoms with Gasteiger partial charge in [0.05, 0.1) is 18.1 Å². The van der Waals surface area contributed by atoms with Crippen LogP contribution in [0.1, 0.15) is 27.2 Å². The van der Waals surface area contributed by atoms with E-state index in [4.69, 9.17) is 0 Å². The Hall–Kier alpha value is -4.84. The molecule has 0 saturated heterocycles. The summed E-state index contributed by atoms with van der Waals surface area (Å²) >= 11 is 0. The number of ketones is 1. The topological polar surface area (TPSA) is 76.9 Å². The Bertz CT molecular complexity index is 1520. The van der Waals surface area contributed by atoms with Crippen molar-refractivity contribution in [1.29, 1.82) is 0 Å². The van der Waals surface area contributed by atoms with Gasteiger partial charge in [0.1, 0.15) is 0 Å². The maximum Gasteiger partial charge on any atom is 0.230 e. The second kappa shape index (κ2) is 9.97. The molecule has 35 heavy (non-hydrogen) atoms. The fraction of sp³-hybridized carbons (Fsp3) is 0.0345. The summed E-state index contributed by atoms with van der Waals surface area (Å²) in [7, 11) is 0. The Labute approximate surface area is 202 Å². The van der Waals surface area contributed by atoms with Crippen molar-refractivity contribution in [3.8, 4) is 0 Å². The molecule has 2 aromatic heterocycles. The molecular formula is C29H22N4O2. The molecule has 6 heteroatoms. The van der Waals surface area contributed by atoms with E-state index in [2.05, 4.69) is 15.4 Å². The van der Waals surface area contributed by atoms with E-state index in [-0.39, 0.29) is 18.1 Å². The molecule has 2 heterocycles. The summed E-state index contributed by atoms with van der Waals surface area (Å²) < 4.78 is 1.76. The molecule has 5 rings (SSSR count). The van der Waals surface area contributed by atoms with E-state index < -0.39 is 0 Å². The molecule has 170 valence electrons. The Morgan fingerprint density at radius 2 is 1.69 bits per heavy atom. The van der Waals surface area contributed by atoms with Crippen LogP contribution in [0.5, 0.6) is 0 Å². The van der Waals surface area contributed by atoms with Crippen LogP contribution in [0.3, 0.4) is 0 Å². The van der Waals surface area contributed by atoms with Crippen LogP contribution in [0.15, 0.2) is 103 Å². The molecule has 1 amide bonds. The third-order valence-electron chi connectivity index (χ3n) is 5.54. The van der Waals surface area contributed by atoms with E-state index in [0.29, 0.717) is 22.5 Å². The zero-order valence-electron chi connectivity index (χ0n) is 18.8. The maximum absolute atomic E-state index is 13.3. The lowest BCUT2D eigenvalue weighted by Gasteiger charge is -2.08. The second-order valence-electron chi connectivity index (χ2n) is 8.05. The van der Waals surface area contributed by atoms with Gasteiger partial charge in [0.2, 0.25) is 5.91 Å². The van der Waals surface area contributed by atoms with E-state index in [1.807, 2.05) is 60.8 Å². The molecule has 5 aromatic rings. The number of nitrogens with one attached hydrogen (secondary N) is 1. The van der Waals surface area contributed by atoms with Gasteiger partial charge in [0, 0.05) is 40.3 Å². The molecular weight excluding hydrogens is 436 g/mol. The van der Waals surface area contributed by atoms with Crippen LogP contribution < -0.4 is 5.32 Å². The van der Waals surface area contributed by atoms with Crippen molar-refractivity contribution in [2.75, 3.05) is 5.32 Å². The highest BCUT2D eigenvalue weighted by Crippen LogP contribution is 2.21. The monoisotopic (exact) mass is 458 g/mol. The lowest BCUT2D eigenvalue weighted by Crippen LogP contribution is -2.15. The molecule has 0 fully saturated rings. The lowest BCUT2D eigenvalue weighted by molar-refractivity contribution is -0.115. The summed E-state index contributed by atoms with van der Waals surface area (Å²) in [5.41, 5.74) is 4.18. The molecule has 0 aliphatic carbocycles. The number of amides is 1. The van der Waals surface area contributed by atoms with Gasteiger partial charge in [-0.25, -0.2) is 4.68 Å². The number of nitrogens with zero attached hydrogens (tertiary/aromatic N) is 3. The Kier molecular flexibility index (Phi) is 6.26. The molecule has 0 bridgehead atoms. The number of benzene rings is 3. The van der Waals surface area contributed by atoms with E-state index >= 15 is 0 Å². The summed E-state index contributed by atoms with van der Waals surface area (Å²) in [6.45, 7) is 0. The van der Waals surface area contributed by atoms with Gasteiger partial charge in [0.25, 0.3) is 0 Å². The van der Waals surface area contributed by atoms with Gasteiger partial charge < -0.3 is 5.32 Å². The largest absolute Gasteiger partial charge is 0.326 e. The Morgan fingerprint density at radius 1 is 0.857 bits per heavy atom. The maximum atomic E-state index is 13.3. The van der Waals surface area contributed by atoms with Crippen LogP contribution in [0, 0.1) is 0 Å². The zero-order valence-corrected chi connectivity index (χ0v) is 18.8. The van der Waals surface area contributed by atoms with Crippen molar-refractivity contribution >= 4 is 40.6 Å². The first-order chi connectivity index (χ1) is 17.2. The first kappa shape index (κ1) is 22.0. The SMILES string of the molecule is O=C(Cc1ccccn1)Nc1cccc(C(=O)c2ccc3cnn(C=Cc4ccccc4)c3c2)c1. The number of carbonyl (C=O) groups is 2. The summed E-state index contributed by atoms with van der Waals surface area (Å²) in [5, 5.41) is 8.22. The minimum absolute atomic E-state index is 0.132. The van der Waals surface area contributed by atoms with Crippen molar-refractivity contribution in [1.82, 2.24) is 14.8 Å². The Morgan fingerprint density at radius 3 is 2.51 bits per heavy atom. The summed E-state index contributed by atoms with van der Waals surface area (Å²) in [6.07, 6.45) is 7.44. The highest BCUT2D eigenvalue weighted by molar-refractivity contribution is 6.11. The number of anilines is 1. The molecule has 0 unspecified atom stereocenters. The van der Waals surface area contributed by atoms with E-state index in [1.165, 1.54) is 0 Å². The molecule has 3 aromatic carbocycles. The van der Waals surface area contributed by atoms with Crippen LogP contribution in [-0.2, 0) is 11.2 Å². The highest BCUT2D eigenvalue weighted by atomic mass is 16.1. The van der Waals surface area contributed by atoms with Gasteiger partial charge in [-0.15, -0.1) is 0 Å². The van der Waals surface area contributed by atoms with Gasteiger partial charge in [-0.05, 0) is 42.0 Å². The van der Waals surface area contributed by atoms with Gasteiger partial charge >= 0.3 is 0 Å². The highest BCUT2D eigenvalue weighted by Gasteiger charge is 2.13. The molecule has 0 radical (unpaired) electrons. The van der Waals surface area contributed by atoms with Gasteiger partial charge in [-0.3, -0.25) is 14.6 Å². The minimum atomic E-state index is -0.191. The average Bonchev–Trinajstić information content (AvgIpc) is 3.30. The number of carbonyl (C=O) groups excluding carboxylic acids is 2. The summed E-state index contributed by atoms with van der Waals surface area (Å²) in [6, 6.07) is 27.9. The summed E-state index contributed by atoms with van der Waals surface area (Å²) in [4.78, 5) is 29.8. The smallest absolute Gasteiger partial charge is 0.230 e. The third-order valence-corrected chi connectivity index (χ3v) is 5.54. The van der Waals surface area contributed by atoms with Crippen molar-refractivity contribution in [3.05, 3.63) is 126 Å². The first-order valence-corrected chi connectivity index (χ1v) is 11.2. The van der Waals surface area contributed by atoms with Crippen molar-refractivity contribution in [2.45, 2.75) is 6.42 Å². The number of hydrogen-bond donors (Lipinski definition) is 1. The number of hydrogen-bond acceptors (Lipinski definition) is 4. The van der Waals surface area contributed by atoms with Crippen molar-refractivity contribution in [2.24, 2.45) is 0 Å². The molecule has 0 atom stereocenters. The van der Waals surface area contributed by atoms with E-state index in [9.17, 15) is 9.59 Å². The number of fused-ring (bicyclic) bond motifs is 1. The molecule has 0 aliphatic rings. The zero-order chi connectivity index (χ0) is 24.0. The molecule has 1 N–H and O–H groups in total. The van der Waals surface area contributed by atoms with Crippen LogP contribution in [0.25, 0.3) is 23.2 Å². The number of rotatable bonds is 7. The molecule has 6 nitrogen and oxygen atoms in total. The number of pyridine rings is 1. The summed E-state index contributed by atoms with van der Waals surface area (Å²) in [5.74, 6) is -0.323. The minimum Gasteiger partial charge on any atom is -0.326 e. The molecule has 0 aliphatic heterocycles. The van der Waals surface area contributed by atoms with Gasteiger partial charge in [-0.1, -0.05) is 60.7 Å². The average molecular weight is 459 g/mol. The second-order valence-corrected chi connectivity index (χ2v) is 8.05. The van der Waals surface area contributed by atoms with E-state index in [0.717, 1.165) is 16.5 Å². The predicted octanol–water partition coefficient (Wildman–Crippen LogP) is 5.47. The van der Waals surface area contributed by atoms with Gasteiger partial charge in [-0.2, -0.15) is 5.10 Å². The van der Waals surface area contributed by atoms with Crippen molar-refractivity contribution in [3.63, 3.8) is 0 Å². The Balaban J connectivity index is 1.35. The fourth-order valence-corrected chi connectivity index (χ4v) is 3.80. The quantitative estimate of drug-likeness (QED) is 0.328. The van der Waals surface area contributed by atoms with Crippen LogP contribution >= 0.6 is 0 Å². The number of aromatic nitrogens is 3. The molecule has 0 saturated carbocycles. The third kappa shape index (κ3) is 5.23. The molecule has 0 spiro atoms. The van der Waals surface area contributed by atoms with Crippen molar-refractivity contribution < 1.29 is 9.59 Å². The first-order valence-electron chi connectivity index (χ1n) is 11.2. The lowest BCUT2D eigenvalue weighted by atomic mass is 10.0. The van der Waals surface area contributed by atoms with Crippen LogP contribution in [0.4, 0.5) is 5.69 Å². The predicted molar refractivity (Wildman–Crippen MR) is 138 cm³/mol. The normalized spacial score (nSPS) is 11.1. The standard InChI is InChI=1S/C29H22N4O2/c34-28(19-25-10-4-5-15-30-25)32-26-11-6-9-22(17-26)29(35)23-12-13-24-20-31-33(27(24)18-23)16-14-21-7-2-1-3-8-21/h1-18,20H,19H2,(H,32,34). The van der Waals surface area contributed by atoms with Crippen LogP contribution in [-0.4, -0.2) is 26.5 Å². The fourth-order valence-electron chi connectivity index (χ4n) is 3.80. The van der Waals surface area contributed by atoms with Crippen LogP contribution in [0.2, 0.25) is 0 Å². The van der Waals surface area contributed by atoms with E-state index in [1.54, 1.807) is 59.5 Å². The van der Waals surface area contributed by atoms with Gasteiger partial charge in [0.15, 0.2) is 5.78 Å².